The molecule has 2 N–H and O–H groups in total. The largest absolute Gasteiger partial charge is 0.458 e. The topological polar surface area (TPSA) is 95.5 Å². The van der Waals surface area contributed by atoms with Crippen LogP contribution in [0.15, 0.2) is 24.3 Å². The summed E-state index contributed by atoms with van der Waals surface area (Å²) in [6.45, 7) is 2.44. The normalized spacial score (nSPS) is 11.9. The fraction of sp³-hybridized carbons (Fsp3) is 0.632. The van der Waals surface area contributed by atoms with Crippen LogP contribution >= 0.6 is 0 Å². The van der Waals surface area contributed by atoms with Gasteiger partial charge in [0.2, 0.25) is 0 Å². The van der Waals surface area contributed by atoms with Gasteiger partial charge in [-0.2, -0.15) is 0 Å². The second-order valence-corrected chi connectivity index (χ2v) is 6.32. The number of nitro benzene ring substituents is 1. The van der Waals surface area contributed by atoms with E-state index >= 15 is 0 Å². The fourth-order valence-corrected chi connectivity index (χ4v) is 2.79. The lowest BCUT2D eigenvalue weighted by atomic mass is 10.1. The molecule has 6 nitrogen and oxygen atoms in total. The van der Waals surface area contributed by atoms with Gasteiger partial charge in [0.05, 0.1) is 10.5 Å². The molecule has 1 aromatic carbocycles. The molecule has 0 saturated carbocycles. The molecular weight excluding hydrogens is 320 g/mol. The van der Waals surface area contributed by atoms with Crippen LogP contribution in [0.1, 0.15) is 76.4 Å². The average molecular weight is 350 g/mol. The van der Waals surface area contributed by atoms with Crippen LogP contribution in [0.5, 0.6) is 0 Å². The number of benzene rings is 1. The maximum atomic E-state index is 11.9. The second-order valence-electron chi connectivity index (χ2n) is 6.32. The Bertz CT molecular complexity index is 534. The summed E-state index contributed by atoms with van der Waals surface area (Å²) in [7, 11) is 0. The Hall–Kier alpha value is -1.95. The maximum absolute atomic E-state index is 11.9. The Labute approximate surface area is 149 Å². The molecule has 0 aromatic heterocycles. The van der Waals surface area contributed by atoms with Gasteiger partial charge < -0.3 is 10.5 Å². The van der Waals surface area contributed by atoms with Crippen molar-refractivity contribution in [2.45, 2.75) is 70.8 Å². The van der Waals surface area contributed by atoms with E-state index in [4.69, 9.17) is 10.5 Å². The minimum atomic E-state index is -0.614. The van der Waals surface area contributed by atoms with Crippen molar-refractivity contribution in [1.29, 1.82) is 0 Å². The van der Waals surface area contributed by atoms with Gasteiger partial charge >= 0.3 is 5.97 Å². The Morgan fingerprint density at radius 3 is 2.24 bits per heavy atom. The number of unbranched alkanes of at least 4 members (excludes halogenated alkanes) is 7. The first-order valence-corrected chi connectivity index (χ1v) is 9.19. The highest BCUT2D eigenvalue weighted by Gasteiger charge is 2.20. The number of nitrogens with zero attached hydrogens (tertiary/aromatic N) is 1. The molecule has 0 aliphatic rings. The zero-order valence-electron chi connectivity index (χ0n) is 15.1. The first-order valence-electron chi connectivity index (χ1n) is 9.19. The molecule has 140 valence electrons. The molecule has 0 heterocycles. The van der Waals surface area contributed by atoms with Gasteiger partial charge in [-0.15, -0.1) is 0 Å². The van der Waals surface area contributed by atoms with Crippen molar-refractivity contribution < 1.29 is 14.5 Å². The third-order valence-corrected chi connectivity index (χ3v) is 4.21. The van der Waals surface area contributed by atoms with Gasteiger partial charge in [-0.3, -0.25) is 14.9 Å². The molecule has 0 amide bonds. The summed E-state index contributed by atoms with van der Waals surface area (Å²) < 4.78 is 5.34. The molecular formula is C19H30N2O4. The Morgan fingerprint density at radius 2 is 1.64 bits per heavy atom. The van der Waals surface area contributed by atoms with E-state index in [1.54, 1.807) is 25.1 Å². The number of para-hydroxylation sites is 1. The van der Waals surface area contributed by atoms with E-state index < -0.39 is 11.0 Å². The highest BCUT2D eigenvalue weighted by molar-refractivity contribution is 5.69. The number of nitrogens with two attached hydrogens (primary N) is 1. The number of carbonyl (C=O) groups excluding carboxylic acids is 1. The summed E-state index contributed by atoms with van der Waals surface area (Å²) in [5.74, 6) is -0.298. The van der Waals surface area contributed by atoms with Gasteiger partial charge in [0, 0.05) is 12.5 Å². The van der Waals surface area contributed by atoms with E-state index in [0.29, 0.717) is 12.0 Å². The molecule has 1 unspecified atom stereocenters. The number of carbonyl (C=O) groups is 1. The van der Waals surface area contributed by atoms with Crippen LogP contribution in [0.3, 0.4) is 0 Å². The highest BCUT2D eigenvalue weighted by Crippen LogP contribution is 2.27. The molecule has 0 fully saturated rings. The van der Waals surface area contributed by atoms with Crippen molar-refractivity contribution in [2.75, 3.05) is 6.54 Å². The summed E-state index contributed by atoms with van der Waals surface area (Å²) >= 11 is 0. The van der Waals surface area contributed by atoms with Crippen molar-refractivity contribution in [3.8, 4) is 0 Å². The minimum absolute atomic E-state index is 0.0163. The highest BCUT2D eigenvalue weighted by atomic mass is 16.6. The van der Waals surface area contributed by atoms with Crippen LogP contribution in [-0.4, -0.2) is 17.4 Å². The minimum Gasteiger partial charge on any atom is -0.458 e. The monoisotopic (exact) mass is 350 g/mol. The fourth-order valence-electron chi connectivity index (χ4n) is 2.79. The third kappa shape index (κ3) is 8.63. The Morgan fingerprint density at radius 1 is 1.08 bits per heavy atom. The Balaban J connectivity index is 2.21. The van der Waals surface area contributed by atoms with Crippen LogP contribution in [-0.2, 0) is 9.53 Å². The van der Waals surface area contributed by atoms with Crippen LogP contribution in [0.4, 0.5) is 5.69 Å². The molecule has 0 radical (unpaired) electrons. The lowest BCUT2D eigenvalue weighted by molar-refractivity contribution is -0.386. The molecule has 0 saturated heterocycles. The first-order chi connectivity index (χ1) is 12.1. The zero-order valence-corrected chi connectivity index (χ0v) is 15.1. The van der Waals surface area contributed by atoms with E-state index in [-0.39, 0.29) is 11.7 Å². The number of hydrogen-bond donors (Lipinski definition) is 1. The van der Waals surface area contributed by atoms with Crippen molar-refractivity contribution in [3.63, 3.8) is 0 Å². The summed E-state index contributed by atoms with van der Waals surface area (Å²) in [4.78, 5) is 22.5. The first kappa shape index (κ1) is 21.1. The van der Waals surface area contributed by atoms with Crippen LogP contribution in [0.2, 0.25) is 0 Å². The van der Waals surface area contributed by atoms with E-state index in [1.165, 1.54) is 31.7 Å². The van der Waals surface area contributed by atoms with Crippen molar-refractivity contribution in [3.05, 3.63) is 39.9 Å². The van der Waals surface area contributed by atoms with E-state index in [2.05, 4.69) is 0 Å². The lowest BCUT2D eigenvalue weighted by Crippen LogP contribution is -2.10. The molecule has 1 rings (SSSR count). The maximum Gasteiger partial charge on any atom is 0.306 e. The van der Waals surface area contributed by atoms with E-state index in [1.807, 2.05) is 0 Å². The third-order valence-electron chi connectivity index (χ3n) is 4.21. The van der Waals surface area contributed by atoms with Crippen molar-refractivity contribution in [2.24, 2.45) is 5.73 Å². The number of rotatable bonds is 13. The number of hydrogen-bond acceptors (Lipinski definition) is 5. The van der Waals surface area contributed by atoms with Gasteiger partial charge in [-0.25, -0.2) is 0 Å². The number of esters is 1. The molecule has 0 aliphatic carbocycles. The van der Waals surface area contributed by atoms with E-state index in [0.717, 1.165) is 32.2 Å². The summed E-state index contributed by atoms with van der Waals surface area (Å²) in [6.07, 6.45) is 8.61. The summed E-state index contributed by atoms with van der Waals surface area (Å²) in [6, 6.07) is 6.36. The molecule has 0 aliphatic heterocycles. The predicted molar refractivity (Wildman–Crippen MR) is 98.2 cm³/mol. The van der Waals surface area contributed by atoms with Crippen LogP contribution in [0.25, 0.3) is 0 Å². The average Bonchev–Trinajstić information content (AvgIpc) is 2.60. The van der Waals surface area contributed by atoms with Gasteiger partial charge in [-0.05, 0) is 32.4 Å². The van der Waals surface area contributed by atoms with Gasteiger partial charge in [0.15, 0.2) is 0 Å². The molecule has 6 heteroatoms. The standard InChI is InChI=1S/C19H30N2O4/c1-16(17-12-9-10-13-18(17)21(23)24)25-19(22)14-8-6-4-2-3-5-7-11-15-20/h9-10,12-13,16H,2-8,11,14-15,20H2,1H3. The smallest absolute Gasteiger partial charge is 0.306 e. The molecule has 0 bridgehead atoms. The Kier molecular flexibility index (Phi) is 10.5. The quantitative estimate of drug-likeness (QED) is 0.241. The molecule has 25 heavy (non-hydrogen) atoms. The van der Waals surface area contributed by atoms with Gasteiger partial charge in [0.1, 0.15) is 6.10 Å². The van der Waals surface area contributed by atoms with Crippen molar-refractivity contribution in [1.82, 2.24) is 0 Å². The SMILES string of the molecule is CC(OC(=O)CCCCCCCCCCN)c1ccccc1[N+](=O)[O-]. The summed E-state index contributed by atoms with van der Waals surface area (Å²) in [5, 5.41) is 11.0. The summed E-state index contributed by atoms with van der Waals surface area (Å²) in [5.41, 5.74) is 5.87. The molecule has 1 atom stereocenters. The molecule has 1 aromatic rings. The van der Waals surface area contributed by atoms with Crippen LogP contribution < -0.4 is 5.73 Å². The van der Waals surface area contributed by atoms with Gasteiger partial charge in [-0.1, -0.05) is 50.7 Å². The van der Waals surface area contributed by atoms with Gasteiger partial charge in [0.25, 0.3) is 5.69 Å². The second kappa shape index (κ2) is 12.4. The number of nitro groups is 1. The van der Waals surface area contributed by atoms with Crippen LogP contribution in [0, 0.1) is 10.1 Å². The lowest BCUT2D eigenvalue weighted by Gasteiger charge is -2.13. The van der Waals surface area contributed by atoms with E-state index in [9.17, 15) is 14.9 Å². The predicted octanol–water partition coefficient (Wildman–Crippen LogP) is 4.67. The molecule has 0 spiro atoms. The van der Waals surface area contributed by atoms with Crippen molar-refractivity contribution >= 4 is 11.7 Å². The number of ether oxygens (including phenoxy) is 1. The zero-order chi connectivity index (χ0) is 18.5.